The van der Waals surface area contributed by atoms with Crippen molar-refractivity contribution < 1.29 is 23.7 Å². The topological polar surface area (TPSA) is 46.2 Å². The molecule has 0 saturated carbocycles. The maximum absolute atomic E-state index is 7.36. The second kappa shape index (κ2) is 10.3. The standard InChI is InChI=1S/C38H37ClO5/c1-36(17-40-18-36)19-43-33-28-11-7-6-10-27(28)32(31-16-25(39)13-15-29(31)33)30-14-12-24-8-4-5-9-26(24)34(30)44-35(37(2)20-41-21-37)38(3)22-42-23-38/h4-16,35H,17-23H2,1-3H3. The van der Waals surface area contributed by atoms with E-state index in [1.165, 1.54) is 0 Å². The first kappa shape index (κ1) is 28.1. The van der Waals surface area contributed by atoms with E-state index in [0.29, 0.717) is 51.3 Å². The average Bonchev–Trinajstić information content (AvgIpc) is 2.99. The molecule has 226 valence electrons. The molecule has 8 rings (SSSR count). The van der Waals surface area contributed by atoms with Gasteiger partial charge in [0.1, 0.15) is 17.6 Å². The number of fused-ring (bicyclic) bond motifs is 3. The Morgan fingerprint density at radius 2 is 1.27 bits per heavy atom. The van der Waals surface area contributed by atoms with Gasteiger partial charge in [0.15, 0.2) is 0 Å². The molecule has 0 radical (unpaired) electrons. The van der Waals surface area contributed by atoms with E-state index >= 15 is 0 Å². The molecule has 3 saturated heterocycles. The highest BCUT2D eigenvalue weighted by molar-refractivity contribution is 6.32. The molecule has 0 unspecified atom stereocenters. The Balaban J connectivity index is 1.38. The molecule has 3 fully saturated rings. The first-order valence-corrected chi connectivity index (χ1v) is 15.8. The van der Waals surface area contributed by atoms with Gasteiger partial charge in [-0.2, -0.15) is 0 Å². The molecule has 0 N–H and O–H groups in total. The molecule has 0 atom stereocenters. The lowest BCUT2D eigenvalue weighted by molar-refractivity contribution is -0.236. The molecule has 0 bridgehead atoms. The van der Waals surface area contributed by atoms with Crippen molar-refractivity contribution >= 4 is 43.9 Å². The molecule has 6 heteroatoms. The van der Waals surface area contributed by atoms with E-state index in [1.54, 1.807) is 0 Å². The van der Waals surface area contributed by atoms with Crippen LogP contribution >= 0.6 is 11.6 Å². The number of hydrogen-bond donors (Lipinski definition) is 0. The van der Waals surface area contributed by atoms with E-state index in [9.17, 15) is 0 Å². The molecule has 5 nitrogen and oxygen atoms in total. The van der Waals surface area contributed by atoms with Crippen LogP contribution in [0.1, 0.15) is 20.8 Å². The van der Waals surface area contributed by atoms with Gasteiger partial charge < -0.3 is 23.7 Å². The zero-order chi connectivity index (χ0) is 30.1. The summed E-state index contributed by atoms with van der Waals surface area (Å²) in [5.74, 6) is 1.76. The second-order valence-electron chi connectivity index (χ2n) is 14.0. The van der Waals surface area contributed by atoms with Crippen molar-refractivity contribution in [2.45, 2.75) is 26.9 Å². The lowest BCUT2D eigenvalue weighted by atomic mass is 9.67. The Morgan fingerprint density at radius 1 is 0.659 bits per heavy atom. The third kappa shape index (κ3) is 4.47. The maximum Gasteiger partial charge on any atom is 0.135 e. The van der Waals surface area contributed by atoms with Gasteiger partial charge >= 0.3 is 0 Å². The first-order chi connectivity index (χ1) is 21.3. The fourth-order valence-corrected chi connectivity index (χ4v) is 7.47. The van der Waals surface area contributed by atoms with Crippen molar-refractivity contribution in [1.82, 2.24) is 0 Å². The predicted octanol–water partition coefficient (Wildman–Crippen LogP) is 8.70. The number of halogens is 1. The fourth-order valence-electron chi connectivity index (χ4n) is 7.30. The van der Waals surface area contributed by atoms with Gasteiger partial charge in [0.05, 0.1) is 57.1 Å². The minimum Gasteiger partial charge on any atom is -0.492 e. The molecular formula is C38H37ClO5. The number of rotatable bonds is 8. The SMILES string of the molecule is CC1(COc2c3ccccc3c(-c3ccc4ccccc4c3OC(C3(C)COC3)C3(C)COC3)c3cc(Cl)ccc23)COC1. The zero-order valence-electron chi connectivity index (χ0n) is 25.5. The smallest absolute Gasteiger partial charge is 0.135 e. The summed E-state index contributed by atoms with van der Waals surface area (Å²) in [4.78, 5) is 0. The monoisotopic (exact) mass is 608 g/mol. The molecule has 0 amide bonds. The highest BCUT2D eigenvalue weighted by Gasteiger charge is 2.55. The Kier molecular flexibility index (Phi) is 6.62. The Hall–Kier alpha value is -3.35. The van der Waals surface area contributed by atoms with Gasteiger partial charge in [-0.15, -0.1) is 0 Å². The Bertz CT molecular complexity index is 1880. The van der Waals surface area contributed by atoms with E-state index < -0.39 is 0 Å². The highest BCUT2D eigenvalue weighted by Crippen LogP contribution is 2.52. The Labute approximate surface area is 262 Å². The van der Waals surface area contributed by atoms with Crippen molar-refractivity contribution in [3.05, 3.63) is 83.9 Å². The summed E-state index contributed by atoms with van der Waals surface area (Å²) >= 11 is 6.74. The van der Waals surface area contributed by atoms with E-state index in [0.717, 1.165) is 54.9 Å². The third-order valence-electron chi connectivity index (χ3n) is 9.78. The van der Waals surface area contributed by atoms with Crippen LogP contribution in [0.5, 0.6) is 11.5 Å². The molecule has 0 aromatic heterocycles. The van der Waals surface area contributed by atoms with Crippen LogP contribution in [0.2, 0.25) is 5.02 Å². The van der Waals surface area contributed by atoms with Gasteiger partial charge in [-0.1, -0.05) is 87.0 Å². The molecule has 5 aromatic rings. The quantitative estimate of drug-likeness (QED) is 0.165. The minimum atomic E-state index is -0.112. The molecule has 0 aliphatic carbocycles. The third-order valence-corrected chi connectivity index (χ3v) is 10.0. The zero-order valence-corrected chi connectivity index (χ0v) is 26.2. The molecule has 0 spiro atoms. The summed E-state index contributed by atoms with van der Waals surface area (Å²) in [5, 5.41) is 7.13. The van der Waals surface area contributed by atoms with Gasteiger partial charge in [0, 0.05) is 37.7 Å². The van der Waals surface area contributed by atoms with E-state index in [1.807, 2.05) is 6.07 Å². The Morgan fingerprint density at radius 3 is 1.91 bits per heavy atom. The number of benzene rings is 5. The van der Waals surface area contributed by atoms with Crippen LogP contribution in [0.15, 0.2) is 78.9 Å². The van der Waals surface area contributed by atoms with E-state index in [4.69, 9.17) is 35.3 Å². The van der Waals surface area contributed by atoms with Crippen molar-refractivity contribution in [3.63, 3.8) is 0 Å². The first-order valence-electron chi connectivity index (χ1n) is 15.5. The van der Waals surface area contributed by atoms with E-state index in [2.05, 4.69) is 93.6 Å². The summed E-state index contributed by atoms with van der Waals surface area (Å²) in [7, 11) is 0. The summed E-state index contributed by atoms with van der Waals surface area (Å²) in [6, 6.07) is 27.5. The maximum atomic E-state index is 7.36. The minimum absolute atomic E-state index is 0.00951. The lowest BCUT2D eigenvalue weighted by Gasteiger charge is -2.54. The molecule has 3 aliphatic rings. The average molecular weight is 609 g/mol. The van der Waals surface area contributed by atoms with E-state index in [-0.39, 0.29) is 22.3 Å². The molecule has 3 aliphatic heterocycles. The summed E-state index contributed by atoms with van der Waals surface area (Å²) < 4.78 is 31.1. The van der Waals surface area contributed by atoms with Gasteiger partial charge in [-0.05, 0) is 40.4 Å². The summed E-state index contributed by atoms with van der Waals surface area (Å²) in [6.45, 7) is 11.5. The van der Waals surface area contributed by atoms with Crippen LogP contribution in [-0.2, 0) is 14.2 Å². The fraction of sp³-hybridized carbons (Fsp3) is 0.368. The normalized spacial score (nSPS) is 19.8. The van der Waals surface area contributed by atoms with Crippen molar-refractivity contribution in [3.8, 4) is 22.6 Å². The van der Waals surface area contributed by atoms with Crippen LogP contribution in [0, 0.1) is 16.2 Å². The van der Waals surface area contributed by atoms with Gasteiger partial charge in [-0.25, -0.2) is 0 Å². The van der Waals surface area contributed by atoms with Crippen LogP contribution in [0.25, 0.3) is 43.4 Å². The van der Waals surface area contributed by atoms with Crippen LogP contribution in [0.4, 0.5) is 0 Å². The summed E-state index contributed by atoms with van der Waals surface area (Å²) in [6.07, 6.45) is -0.0868. The molecule has 44 heavy (non-hydrogen) atoms. The second-order valence-corrected chi connectivity index (χ2v) is 14.4. The van der Waals surface area contributed by atoms with Crippen LogP contribution in [0.3, 0.4) is 0 Å². The van der Waals surface area contributed by atoms with Crippen molar-refractivity contribution in [1.29, 1.82) is 0 Å². The van der Waals surface area contributed by atoms with Gasteiger partial charge in [0.25, 0.3) is 0 Å². The number of hydrogen-bond acceptors (Lipinski definition) is 5. The molecular weight excluding hydrogens is 572 g/mol. The predicted molar refractivity (Wildman–Crippen MR) is 176 cm³/mol. The summed E-state index contributed by atoms with van der Waals surface area (Å²) in [5.41, 5.74) is 1.91. The van der Waals surface area contributed by atoms with Crippen molar-refractivity contribution in [2.75, 3.05) is 46.2 Å². The highest BCUT2D eigenvalue weighted by atomic mass is 35.5. The van der Waals surface area contributed by atoms with Crippen molar-refractivity contribution in [2.24, 2.45) is 16.2 Å². The van der Waals surface area contributed by atoms with Crippen LogP contribution in [-0.4, -0.2) is 52.4 Å². The van der Waals surface area contributed by atoms with Crippen LogP contribution < -0.4 is 9.47 Å². The largest absolute Gasteiger partial charge is 0.492 e. The van der Waals surface area contributed by atoms with Gasteiger partial charge in [0.2, 0.25) is 0 Å². The molecule has 3 heterocycles. The van der Waals surface area contributed by atoms with Gasteiger partial charge in [-0.3, -0.25) is 0 Å². The molecule has 5 aromatic carbocycles. The number of ether oxygens (including phenoxy) is 5. The lowest BCUT2D eigenvalue weighted by Crippen LogP contribution is -2.63.